The van der Waals surface area contributed by atoms with E-state index < -0.39 is 10.0 Å². The molecule has 0 fully saturated rings. The molecule has 1 aromatic heterocycles. The van der Waals surface area contributed by atoms with Gasteiger partial charge >= 0.3 is 0 Å². The monoisotopic (exact) mass is 355 g/mol. The van der Waals surface area contributed by atoms with E-state index in [-0.39, 0.29) is 4.90 Å². The fourth-order valence-corrected chi connectivity index (χ4v) is 3.68. The lowest BCUT2D eigenvalue weighted by molar-refractivity contribution is 0.600. The Morgan fingerprint density at radius 2 is 2.10 bits per heavy atom. The van der Waals surface area contributed by atoms with E-state index in [0.717, 1.165) is 5.56 Å². The van der Waals surface area contributed by atoms with Crippen molar-refractivity contribution in [3.05, 3.63) is 52.3 Å². The van der Waals surface area contributed by atoms with Crippen LogP contribution in [0.2, 0.25) is 0 Å². The summed E-state index contributed by atoms with van der Waals surface area (Å²) in [6.07, 6.45) is 3.05. The zero-order valence-corrected chi connectivity index (χ0v) is 13.2. The van der Waals surface area contributed by atoms with Gasteiger partial charge in [-0.3, -0.25) is 9.71 Å². The minimum absolute atomic E-state index is 0.226. The van der Waals surface area contributed by atoms with Gasteiger partial charge in [-0.15, -0.1) is 0 Å². The summed E-state index contributed by atoms with van der Waals surface area (Å²) in [4.78, 5) is 4.12. The molecule has 0 bridgehead atoms. The summed E-state index contributed by atoms with van der Waals surface area (Å²) in [7, 11) is -3.66. The molecule has 3 N–H and O–H groups in total. The smallest absolute Gasteiger partial charge is 0.262 e. The van der Waals surface area contributed by atoms with Gasteiger partial charge in [-0.1, -0.05) is 12.1 Å². The van der Waals surface area contributed by atoms with E-state index in [4.69, 9.17) is 5.73 Å². The first kappa shape index (κ1) is 15.0. The normalized spacial score (nSPS) is 11.3. The number of rotatable bonds is 4. The molecule has 20 heavy (non-hydrogen) atoms. The van der Waals surface area contributed by atoms with Crippen LogP contribution in [0.3, 0.4) is 0 Å². The minimum Gasteiger partial charge on any atom is -0.326 e. The fourth-order valence-electron chi connectivity index (χ4n) is 1.83. The number of sulfonamides is 1. The Hall–Kier alpha value is -1.44. The van der Waals surface area contributed by atoms with Crippen LogP contribution in [0.5, 0.6) is 0 Å². The molecule has 0 radical (unpaired) electrons. The van der Waals surface area contributed by atoms with Crippen molar-refractivity contribution < 1.29 is 8.42 Å². The van der Waals surface area contributed by atoms with E-state index in [1.807, 2.05) is 6.07 Å². The van der Waals surface area contributed by atoms with Gasteiger partial charge in [-0.2, -0.15) is 0 Å². The topological polar surface area (TPSA) is 85.1 Å². The molecule has 0 aliphatic carbocycles. The van der Waals surface area contributed by atoms with Crippen LogP contribution in [0.15, 0.2) is 46.0 Å². The molecule has 2 rings (SSSR count). The lowest BCUT2D eigenvalue weighted by Crippen LogP contribution is -2.16. The third-order valence-corrected chi connectivity index (χ3v) is 5.06. The van der Waals surface area contributed by atoms with E-state index in [2.05, 4.69) is 25.6 Å². The molecule has 0 aliphatic heterocycles. The van der Waals surface area contributed by atoms with Gasteiger partial charge in [0.05, 0.1) is 15.1 Å². The molecule has 106 valence electrons. The molecule has 0 spiro atoms. The summed E-state index contributed by atoms with van der Waals surface area (Å²) in [6, 6.07) is 6.65. The Balaban J connectivity index is 2.44. The third-order valence-electron chi connectivity index (χ3n) is 2.92. The number of aromatic nitrogens is 1. The van der Waals surface area contributed by atoms with Gasteiger partial charge < -0.3 is 5.73 Å². The molecule has 1 heterocycles. The summed E-state index contributed by atoms with van der Waals surface area (Å²) < 4.78 is 28.0. The Bertz CT molecular complexity index is 732. The number of benzene rings is 1. The van der Waals surface area contributed by atoms with Gasteiger partial charge in [0.2, 0.25) is 0 Å². The molecular weight excluding hydrogens is 342 g/mol. The van der Waals surface area contributed by atoms with Crippen molar-refractivity contribution in [1.29, 1.82) is 0 Å². The Kier molecular flexibility index (Phi) is 4.42. The second-order valence-electron chi connectivity index (χ2n) is 4.21. The maximum atomic E-state index is 12.4. The van der Waals surface area contributed by atoms with Gasteiger partial charge in [-0.25, -0.2) is 8.42 Å². The molecular formula is C13H14BrN3O2S. The largest absolute Gasteiger partial charge is 0.326 e. The number of pyridine rings is 1. The molecule has 0 aliphatic rings. The van der Waals surface area contributed by atoms with Gasteiger partial charge in [0.1, 0.15) is 0 Å². The first-order chi connectivity index (χ1) is 9.45. The predicted molar refractivity (Wildman–Crippen MR) is 81.8 cm³/mol. The Labute approximate surface area is 126 Å². The highest BCUT2D eigenvalue weighted by Crippen LogP contribution is 2.25. The molecule has 0 atom stereocenters. The summed E-state index contributed by atoms with van der Waals surface area (Å²) in [6.45, 7) is 2.05. The van der Waals surface area contributed by atoms with Crippen LogP contribution in [0.4, 0.5) is 5.69 Å². The highest BCUT2D eigenvalue weighted by molar-refractivity contribution is 9.10. The summed E-state index contributed by atoms with van der Waals surface area (Å²) in [5.74, 6) is 0. The molecule has 0 amide bonds. The van der Waals surface area contributed by atoms with Gasteiger partial charge in [0.25, 0.3) is 10.0 Å². The Morgan fingerprint density at radius 1 is 1.35 bits per heavy atom. The predicted octanol–water partition coefficient (Wildman–Crippen LogP) is 2.41. The number of nitrogens with one attached hydrogen (secondary N) is 1. The molecule has 7 heteroatoms. The summed E-state index contributed by atoms with van der Waals surface area (Å²) in [5.41, 5.74) is 7.52. The highest BCUT2D eigenvalue weighted by Gasteiger charge is 2.19. The summed E-state index contributed by atoms with van der Waals surface area (Å²) in [5, 5.41) is 0. The highest BCUT2D eigenvalue weighted by atomic mass is 79.9. The van der Waals surface area contributed by atoms with Gasteiger partial charge in [-0.05, 0) is 46.1 Å². The molecule has 5 nitrogen and oxygen atoms in total. The van der Waals surface area contributed by atoms with Crippen molar-refractivity contribution in [2.45, 2.75) is 18.4 Å². The number of halogens is 1. The minimum atomic E-state index is -3.66. The molecule has 1 aromatic carbocycles. The zero-order valence-electron chi connectivity index (χ0n) is 10.8. The van der Waals surface area contributed by atoms with Crippen LogP contribution < -0.4 is 10.5 Å². The SMILES string of the molecule is Cc1c(CN)cccc1S(=O)(=O)Nc1ccncc1Br. The van der Waals surface area contributed by atoms with Crippen LogP contribution in [0, 0.1) is 6.92 Å². The van der Waals surface area contributed by atoms with E-state index in [1.54, 1.807) is 25.1 Å². The second kappa shape index (κ2) is 5.90. The van der Waals surface area contributed by atoms with E-state index in [0.29, 0.717) is 22.3 Å². The quantitative estimate of drug-likeness (QED) is 0.881. The van der Waals surface area contributed by atoms with Crippen molar-refractivity contribution in [3.63, 3.8) is 0 Å². The maximum Gasteiger partial charge on any atom is 0.262 e. The van der Waals surface area contributed by atoms with E-state index in [9.17, 15) is 8.42 Å². The van der Waals surface area contributed by atoms with Crippen molar-refractivity contribution in [3.8, 4) is 0 Å². The van der Waals surface area contributed by atoms with Gasteiger partial charge in [0.15, 0.2) is 0 Å². The maximum absolute atomic E-state index is 12.4. The summed E-state index contributed by atoms with van der Waals surface area (Å²) >= 11 is 3.26. The number of nitrogens with zero attached hydrogens (tertiary/aromatic N) is 1. The van der Waals surface area contributed by atoms with Crippen molar-refractivity contribution in [1.82, 2.24) is 4.98 Å². The average molecular weight is 356 g/mol. The zero-order chi connectivity index (χ0) is 14.8. The van der Waals surface area contributed by atoms with Crippen molar-refractivity contribution >= 4 is 31.6 Å². The fraction of sp³-hybridized carbons (Fsp3) is 0.154. The number of hydrogen-bond acceptors (Lipinski definition) is 4. The van der Waals surface area contributed by atoms with Crippen LogP contribution in [-0.4, -0.2) is 13.4 Å². The first-order valence-corrected chi connectivity index (χ1v) is 8.14. The lowest BCUT2D eigenvalue weighted by atomic mass is 10.1. The van der Waals surface area contributed by atoms with Crippen LogP contribution >= 0.6 is 15.9 Å². The molecule has 2 aromatic rings. The van der Waals surface area contributed by atoms with E-state index >= 15 is 0 Å². The number of anilines is 1. The molecule has 0 saturated heterocycles. The molecule has 0 saturated carbocycles. The second-order valence-corrected chi connectivity index (χ2v) is 6.71. The Morgan fingerprint density at radius 3 is 2.75 bits per heavy atom. The van der Waals surface area contributed by atoms with Crippen LogP contribution in [0.25, 0.3) is 0 Å². The van der Waals surface area contributed by atoms with Gasteiger partial charge in [0, 0.05) is 18.9 Å². The number of hydrogen-bond donors (Lipinski definition) is 2. The first-order valence-electron chi connectivity index (χ1n) is 5.86. The van der Waals surface area contributed by atoms with Crippen molar-refractivity contribution in [2.75, 3.05) is 4.72 Å². The standard InChI is InChI=1S/C13H14BrN3O2S/c1-9-10(7-15)3-2-4-13(9)20(18,19)17-12-5-6-16-8-11(12)14/h2-6,8H,7,15H2,1H3,(H,16,17). The van der Waals surface area contributed by atoms with Crippen LogP contribution in [-0.2, 0) is 16.6 Å². The number of nitrogens with two attached hydrogens (primary N) is 1. The van der Waals surface area contributed by atoms with E-state index in [1.165, 1.54) is 12.4 Å². The van der Waals surface area contributed by atoms with Crippen LogP contribution in [0.1, 0.15) is 11.1 Å². The third kappa shape index (κ3) is 3.00. The molecule has 0 unspecified atom stereocenters. The lowest BCUT2D eigenvalue weighted by Gasteiger charge is -2.13. The average Bonchev–Trinajstić information content (AvgIpc) is 2.41. The van der Waals surface area contributed by atoms with Crippen molar-refractivity contribution in [2.24, 2.45) is 5.73 Å².